The number of carbonyl (C=O) groups excluding carboxylic acids is 1. The number of rotatable bonds is 2. The molecular weight excluding hydrogens is 210 g/mol. The van der Waals surface area contributed by atoms with Crippen LogP contribution in [0, 0.1) is 0 Å². The molecule has 2 heterocycles. The van der Waals surface area contributed by atoms with Crippen molar-refractivity contribution in [3.05, 3.63) is 48.0 Å². The average Bonchev–Trinajstić information content (AvgIpc) is 2.78. The van der Waals surface area contributed by atoms with E-state index in [0.717, 1.165) is 17.1 Å². The van der Waals surface area contributed by atoms with Crippen LogP contribution in [0.15, 0.2) is 36.9 Å². The van der Waals surface area contributed by atoms with Crippen molar-refractivity contribution in [1.29, 1.82) is 0 Å². The smallest absolute Gasteiger partial charge is 0.338 e. The van der Waals surface area contributed by atoms with Gasteiger partial charge in [-0.3, -0.25) is 9.78 Å². The van der Waals surface area contributed by atoms with Gasteiger partial charge in [-0.15, -0.1) is 0 Å². The molecule has 0 atom stereocenters. The number of pyridine rings is 1. The highest BCUT2D eigenvalue weighted by Gasteiger charge is 2.12. The van der Waals surface area contributed by atoms with Crippen LogP contribution in [0.1, 0.15) is 20.7 Å². The first kappa shape index (κ1) is 10.0. The average molecular weight is 217 g/mol. The number of hydrogen-bond acceptors (Lipinski definition) is 4. The van der Waals surface area contributed by atoms with E-state index in [1.54, 1.807) is 18.3 Å². The quantitative estimate of drug-likeness (QED) is 0.798. The van der Waals surface area contributed by atoms with E-state index in [4.69, 9.17) is 5.11 Å². The Bertz CT molecular complexity index is 533. The molecule has 2 aromatic rings. The topological polar surface area (TPSA) is 85.1 Å². The molecule has 16 heavy (non-hydrogen) atoms. The zero-order valence-electron chi connectivity index (χ0n) is 8.07. The predicted molar refractivity (Wildman–Crippen MR) is 53.2 cm³/mol. The summed E-state index contributed by atoms with van der Waals surface area (Å²) in [5, 5.41) is 12.3. The molecular formula is C10H7N3O3. The van der Waals surface area contributed by atoms with Gasteiger partial charge >= 0.3 is 5.97 Å². The monoisotopic (exact) mass is 217 g/mol. The van der Waals surface area contributed by atoms with Gasteiger partial charge in [-0.1, -0.05) is 0 Å². The molecule has 6 heteroatoms. The highest BCUT2D eigenvalue weighted by Crippen LogP contribution is 2.02. The maximum atomic E-state index is 11.7. The zero-order chi connectivity index (χ0) is 11.5. The summed E-state index contributed by atoms with van der Waals surface area (Å²) in [6, 6.07) is 3.20. The van der Waals surface area contributed by atoms with Crippen molar-refractivity contribution in [2.45, 2.75) is 0 Å². The Kier molecular flexibility index (Phi) is 2.47. The van der Waals surface area contributed by atoms with Crippen LogP contribution in [0.25, 0.3) is 0 Å². The lowest BCUT2D eigenvalue weighted by atomic mass is 10.3. The SMILES string of the molecule is O=C(O)c1cnn(C(=O)c2cccnc2)c1. The summed E-state index contributed by atoms with van der Waals surface area (Å²) in [6.45, 7) is 0. The maximum absolute atomic E-state index is 11.7. The van der Waals surface area contributed by atoms with E-state index in [2.05, 4.69) is 10.1 Å². The molecule has 0 radical (unpaired) electrons. The number of aromatic carboxylic acids is 1. The summed E-state index contributed by atoms with van der Waals surface area (Å²) in [6.07, 6.45) is 5.22. The highest BCUT2D eigenvalue weighted by atomic mass is 16.4. The van der Waals surface area contributed by atoms with E-state index in [9.17, 15) is 9.59 Å². The second-order valence-electron chi connectivity index (χ2n) is 3.03. The molecule has 80 valence electrons. The number of aromatic nitrogens is 3. The van der Waals surface area contributed by atoms with Crippen LogP contribution >= 0.6 is 0 Å². The minimum absolute atomic E-state index is 0.0303. The van der Waals surface area contributed by atoms with Gasteiger partial charge in [0.2, 0.25) is 0 Å². The van der Waals surface area contributed by atoms with E-state index in [1.807, 2.05) is 0 Å². The first-order chi connectivity index (χ1) is 7.68. The Hall–Kier alpha value is -2.50. The van der Waals surface area contributed by atoms with Gasteiger partial charge in [0, 0.05) is 18.6 Å². The van der Waals surface area contributed by atoms with Gasteiger partial charge in [0.25, 0.3) is 5.91 Å². The largest absolute Gasteiger partial charge is 0.478 e. The summed E-state index contributed by atoms with van der Waals surface area (Å²) in [5.41, 5.74) is 0.319. The van der Waals surface area contributed by atoms with Gasteiger partial charge in [-0.05, 0) is 12.1 Å². The minimum atomic E-state index is -1.12. The van der Waals surface area contributed by atoms with Crippen molar-refractivity contribution in [3.8, 4) is 0 Å². The molecule has 0 spiro atoms. The van der Waals surface area contributed by atoms with Gasteiger partial charge in [-0.2, -0.15) is 5.10 Å². The molecule has 0 aliphatic carbocycles. The van der Waals surface area contributed by atoms with Crippen LogP contribution < -0.4 is 0 Å². The Morgan fingerprint density at radius 3 is 2.62 bits per heavy atom. The summed E-state index contributed by atoms with van der Waals surface area (Å²) < 4.78 is 0.973. The van der Waals surface area contributed by atoms with Crippen LogP contribution in [-0.2, 0) is 0 Å². The molecule has 2 rings (SSSR count). The number of hydrogen-bond donors (Lipinski definition) is 1. The number of carboxylic acid groups (broad SMARTS) is 1. The van der Waals surface area contributed by atoms with E-state index in [-0.39, 0.29) is 5.56 Å². The number of carboxylic acids is 1. The van der Waals surface area contributed by atoms with Crippen LogP contribution in [-0.4, -0.2) is 31.7 Å². The first-order valence-corrected chi connectivity index (χ1v) is 4.41. The molecule has 0 saturated heterocycles. The van der Waals surface area contributed by atoms with Gasteiger partial charge in [-0.25, -0.2) is 9.48 Å². The van der Waals surface area contributed by atoms with Crippen molar-refractivity contribution in [1.82, 2.24) is 14.8 Å². The lowest BCUT2D eigenvalue weighted by Crippen LogP contribution is -2.12. The van der Waals surface area contributed by atoms with Crippen LogP contribution in [0.2, 0.25) is 0 Å². The molecule has 0 fully saturated rings. The van der Waals surface area contributed by atoms with Gasteiger partial charge in [0.15, 0.2) is 0 Å². The second-order valence-corrected chi connectivity index (χ2v) is 3.03. The minimum Gasteiger partial charge on any atom is -0.478 e. The molecule has 0 aliphatic heterocycles. The predicted octanol–water partition coefficient (Wildman–Crippen LogP) is 0.665. The molecule has 0 unspecified atom stereocenters. The first-order valence-electron chi connectivity index (χ1n) is 4.41. The maximum Gasteiger partial charge on any atom is 0.338 e. The van der Waals surface area contributed by atoms with Crippen LogP contribution in [0.4, 0.5) is 0 Å². The fraction of sp³-hybridized carbons (Fsp3) is 0. The fourth-order valence-corrected chi connectivity index (χ4v) is 1.17. The van der Waals surface area contributed by atoms with Crippen molar-refractivity contribution < 1.29 is 14.7 Å². The van der Waals surface area contributed by atoms with Gasteiger partial charge < -0.3 is 5.11 Å². The molecule has 0 bridgehead atoms. The Labute approximate surface area is 90.2 Å². The molecule has 6 nitrogen and oxygen atoms in total. The highest BCUT2D eigenvalue weighted by molar-refractivity contribution is 5.96. The molecule has 1 N–H and O–H groups in total. The Balaban J connectivity index is 2.31. The van der Waals surface area contributed by atoms with Crippen molar-refractivity contribution in [2.24, 2.45) is 0 Å². The van der Waals surface area contributed by atoms with Crippen molar-refractivity contribution in [2.75, 3.05) is 0 Å². The molecule has 0 saturated carbocycles. The number of nitrogens with zero attached hydrogens (tertiary/aromatic N) is 3. The third-order valence-corrected chi connectivity index (χ3v) is 1.95. The van der Waals surface area contributed by atoms with E-state index < -0.39 is 11.9 Å². The number of carbonyl (C=O) groups is 2. The summed E-state index contributed by atoms with van der Waals surface area (Å²) in [4.78, 5) is 26.1. The summed E-state index contributed by atoms with van der Waals surface area (Å²) in [5.74, 6) is -1.54. The molecule has 2 aromatic heterocycles. The van der Waals surface area contributed by atoms with E-state index in [0.29, 0.717) is 5.56 Å². The Morgan fingerprint density at radius 1 is 1.25 bits per heavy atom. The molecule has 0 amide bonds. The third kappa shape index (κ3) is 1.81. The molecule has 0 aliphatic rings. The molecule has 0 aromatic carbocycles. The lowest BCUT2D eigenvalue weighted by Gasteiger charge is -1.98. The van der Waals surface area contributed by atoms with Gasteiger partial charge in [0.05, 0.1) is 17.3 Å². The summed E-state index contributed by atoms with van der Waals surface area (Å²) in [7, 11) is 0. The van der Waals surface area contributed by atoms with Crippen LogP contribution in [0.5, 0.6) is 0 Å². The fourth-order valence-electron chi connectivity index (χ4n) is 1.17. The third-order valence-electron chi connectivity index (χ3n) is 1.95. The van der Waals surface area contributed by atoms with Crippen molar-refractivity contribution in [3.63, 3.8) is 0 Å². The summed E-state index contributed by atoms with van der Waals surface area (Å²) >= 11 is 0. The van der Waals surface area contributed by atoms with Crippen LogP contribution in [0.3, 0.4) is 0 Å². The van der Waals surface area contributed by atoms with E-state index in [1.165, 1.54) is 6.20 Å². The second kappa shape index (κ2) is 3.93. The lowest BCUT2D eigenvalue weighted by molar-refractivity contribution is 0.0697. The normalized spacial score (nSPS) is 10.0. The van der Waals surface area contributed by atoms with E-state index >= 15 is 0 Å². The zero-order valence-corrected chi connectivity index (χ0v) is 8.07. The Morgan fingerprint density at radius 2 is 2.06 bits per heavy atom. The van der Waals surface area contributed by atoms with Crippen molar-refractivity contribution >= 4 is 11.9 Å². The van der Waals surface area contributed by atoms with Gasteiger partial charge in [0.1, 0.15) is 0 Å². The standard InChI is InChI=1S/C10H7N3O3/c14-9(7-2-1-3-11-4-7)13-6-8(5-12-13)10(15)16/h1-6H,(H,15,16).